The van der Waals surface area contributed by atoms with Crippen molar-refractivity contribution in [2.45, 2.75) is 43.9 Å². The van der Waals surface area contributed by atoms with Gasteiger partial charge in [-0.3, -0.25) is 0 Å². The Morgan fingerprint density at radius 3 is 3.00 bits per heavy atom. The highest BCUT2D eigenvalue weighted by molar-refractivity contribution is 7.99. The third-order valence-corrected chi connectivity index (χ3v) is 3.99. The van der Waals surface area contributed by atoms with Gasteiger partial charge in [0.15, 0.2) is 0 Å². The fourth-order valence-electron chi connectivity index (χ4n) is 2.07. The Morgan fingerprint density at radius 1 is 1.50 bits per heavy atom. The number of amides is 2. The molecule has 0 aliphatic heterocycles. The summed E-state index contributed by atoms with van der Waals surface area (Å²) in [7, 11) is 0. The average molecular weight is 246 g/mol. The van der Waals surface area contributed by atoms with E-state index in [-0.39, 0.29) is 12.6 Å². The molecule has 5 heteroatoms. The van der Waals surface area contributed by atoms with E-state index in [1.807, 2.05) is 11.8 Å². The standard InChI is InChI=1S/C11H22N2O2S/c1-2-16-10-5-3-4-9(8-10)13-11(15)12-6-7-14/h9-10,14H,2-8H2,1H3,(H2,12,13,15). The molecule has 0 aromatic heterocycles. The maximum atomic E-state index is 11.4. The van der Waals surface area contributed by atoms with Crippen LogP contribution in [0.5, 0.6) is 0 Å². The van der Waals surface area contributed by atoms with Crippen LogP contribution >= 0.6 is 11.8 Å². The number of thioether (sulfide) groups is 1. The highest BCUT2D eigenvalue weighted by atomic mass is 32.2. The zero-order chi connectivity index (χ0) is 11.8. The molecule has 1 saturated carbocycles. The second-order valence-corrected chi connectivity index (χ2v) is 5.64. The molecule has 0 saturated heterocycles. The van der Waals surface area contributed by atoms with Crippen molar-refractivity contribution < 1.29 is 9.90 Å². The molecule has 0 spiro atoms. The van der Waals surface area contributed by atoms with Crippen LogP contribution in [-0.4, -0.2) is 41.3 Å². The van der Waals surface area contributed by atoms with Crippen molar-refractivity contribution in [1.29, 1.82) is 0 Å². The van der Waals surface area contributed by atoms with Gasteiger partial charge in [0.25, 0.3) is 0 Å². The number of rotatable bonds is 5. The lowest BCUT2D eigenvalue weighted by Crippen LogP contribution is -2.45. The Kier molecular flexibility index (Phi) is 6.64. The lowest BCUT2D eigenvalue weighted by Gasteiger charge is -2.29. The van der Waals surface area contributed by atoms with E-state index in [4.69, 9.17) is 5.11 Å². The summed E-state index contributed by atoms with van der Waals surface area (Å²) < 4.78 is 0. The first-order chi connectivity index (χ1) is 7.76. The maximum absolute atomic E-state index is 11.4. The SMILES string of the molecule is CCSC1CCCC(NC(=O)NCCO)C1. The number of carbonyl (C=O) groups is 1. The highest BCUT2D eigenvalue weighted by Gasteiger charge is 2.22. The van der Waals surface area contributed by atoms with Crippen molar-refractivity contribution in [3.05, 3.63) is 0 Å². The number of nitrogens with one attached hydrogen (secondary N) is 2. The number of aliphatic hydroxyl groups excluding tert-OH is 1. The normalized spacial score (nSPS) is 25.1. The summed E-state index contributed by atoms with van der Waals surface area (Å²) in [6.07, 6.45) is 4.62. The molecule has 16 heavy (non-hydrogen) atoms. The van der Waals surface area contributed by atoms with Crippen LogP contribution in [0.15, 0.2) is 0 Å². The fraction of sp³-hybridized carbons (Fsp3) is 0.909. The largest absolute Gasteiger partial charge is 0.395 e. The second kappa shape index (κ2) is 7.79. The van der Waals surface area contributed by atoms with Crippen LogP contribution in [0.3, 0.4) is 0 Å². The predicted molar refractivity (Wildman–Crippen MR) is 67.8 cm³/mol. The predicted octanol–water partition coefficient (Wildman–Crippen LogP) is 1.34. The van der Waals surface area contributed by atoms with E-state index in [1.54, 1.807) is 0 Å². The number of carbonyl (C=O) groups excluding carboxylic acids is 1. The zero-order valence-corrected chi connectivity index (χ0v) is 10.7. The van der Waals surface area contributed by atoms with Gasteiger partial charge in [0.05, 0.1) is 6.61 Å². The van der Waals surface area contributed by atoms with Crippen molar-refractivity contribution in [3.63, 3.8) is 0 Å². The van der Waals surface area contributed by atoms with E-state index in [9.17, 15) is 4.79 Å². The van der Waals surface area contributed by atoms with Crippen LogP contribution in [0.4, 0.5) is 4.79 Å². The first-order valence-electron chi connectivity index (χ1n) is 6.03. The molecule has 2 amide bonds. The molecule has 3 N–H and O–H groups in total. The summed E-state index contributed by atoms with van der Waals surface area (Å²) in [4.78, 5) is 11.4. The molecule has 2 atom stereocenters. The van der Waals surface area contributed by atoms with Gasteiger partial charge in [0, 0.05) is 17.8 Å². The first kappa shape index (κ1) is 13.6. The Bertz CT molecular complexity index is 212. The molecule has 0 radical (unpaired) electrons. The molecular weight excluding hydrogens is 224 g/mol. The average Bonchev–Trinajstić information content (AvgIpc) is 2.27. The van der Waals surface area contributed by atoms with Crippen LogP contribution in [0.1, 0.15) is 32.6 Å². The summed E-state index contributed by atoms with van der Waals surface area (Å²) in [5.41, 5.74) is 0. The van der Waals surface area contributed by atoms with Gasteiger partial charge < -0.3 is 15.7 Å². The van der Waals surface area contributed by atoms with Gasteiger partial charge in [-0.15, -0.1) is 0 Å². The van der Waals surface area contributed by atoms with Crippen molar-refractivity contribution >= 4 is 17.8 Å². The summed E-state index contributed by atoms with van der Waals surface area (Å²) in [5, 5.41) is 14.9. The molecule has 1 aliphatic carbocycles. The minimum atomic E-state index is -0.152. The van der Waals surface area contributed by atoms with Gasteiger partial charge in [-0.1, -0.05) is 13.3 Å². The zero-order valence-electron chi connectivity index (χ0n) is 9.87. The van der Waals surface area contributed by atoms with Gasteiger partial charge in [0.2, 0.25) is 0 Å². The lowest BCUT2D eigenvalue weighted by atomic mass is 9.95. The molecule has 0 heterocycles. The molecule has 1 fully saturated rings. The molecule has 4 nitrogen and oxygen atoms in total. The van der Waals surface area contributed by atoms with E-state index in [1.165, 1.54) is 12.8 Å². The molecule has 94 valence electrons. The monoisotopic (exact) mass is 246 g/mol. The van der Waals surface area contributed by atoms with Gasteiger partial charge in [-0.2, -0.15) is 11.8 Å². The Balaban J connectivity index is 2.22. The first-order valence-corrected chi connectivity index (χ1v) is 7.08. The van der Waals surface area contributed by atoms with Crippen molar-refractivity contribution in [2.24, 2.45) is 0 Å². The molecule has 2 unspecified atom stereocenters. The highest BCUT2D eigenvalue weighted by Crippen LogP contribution is 2.28. The third-order valence-electron chi connectivity index (χ3n) is 2.76. The van der Waals surface area contributed by atoms with Crippen LogP contribution in [0.2, 0.25) is 0 Å². The molecule has 1 rings (SSSR count). The Morgan fingerprint density at radius 2 is 2.31 bits per heavy atom. The number of aliphatic hydroxyl groups is 1. The van der Waals surface area contributed by atoms with Crippen molar-refractivity contribution in [2.75, 3.05) is 18.9 Å². The van der Waals surface area contributed by atoms with E-state index >= 15 is 0 Å². The van der Waals surface area contributed by atoms with Gasteiger partial charge >= 0.3 is 6.03 Å². The lowest BCUT2D eigenvalue weighted by molar-refractivity contribution is 0.227. The molecule has 1 aliphatic rings. The summed E-state index contributed by atoms with van der Waals surface area (Å²) in [6.45, 7) is 2.49. The van der Waals surface area contributed by atoms with Crippen LogP contribution in [-0.2, 0) is 0 Å². The molecule has 0 bridgehead atoms. The van der Waals surface area contributed by atoms with E-state index < -0.39 is 0 Å². The van der Waals surface area contributed by atoms with Crippen LogP contribution in [0.25, 0.3) is 0 Å². The topological polar surface area (TPSA) is 61.4 Å². The van der Waals surface area contributed by atoms with E-state index in [0.717, 1.165) is 18.6 Å². The smallest absolute Gasteiger partial charge is 0.315 e. The van der Waals surface area contributed by atoms with Crippen molar-refractivity contribution in [3.8, 4) is 0 Å². The Hall–Kier alpha value is -0.420. The van der Waals surface area contributed by atoms with Crippen LogP contribution in [0, 0.1) is 0 Å². The maximum Gasteiger partial charge on any atom is 0.315 e. The summed E-state index contributed by atoms with van der Waals surface area (Å²) in [5.74, 6) is 1.15. The Labute approximate surface area is 102 Å². The second-order valence-electron chi connectivity index (χ2n) is 4.06. The summed E-state index contributed by atoms with van der Waals surface area (Å²) in [6, 6.07) is 0.151. The van der Waals surface area contributed by atoms with Crippen molar-refractivity contribution in [1.82, 2.24) is 10.6 Å². The number of urea groups is 1. The number of hydrogen-bond donors (Lipinski definition) is 3. The number of hydrogen-bond acceptors (Lipinski definition) is 3. The quantitative estimate of drug-likeness (QED) is 0.686. The van der Waals surface area contributed by atoms with Gasteiger partial charge in [-0.05, 0) is 25.0 Å². The van der Waals surface area contributed by atoms with E-state index in [2.05, 4.69) is 17.6 Å². The van der Waals surface area contributed by atoms with Crippen LogP contribution < -0.4 is 10.6 Å². The summed E-state index contributed by atoms with van der Waals surface area (Å²) >= 11 is 1.99. The third kappa shape index (κ3) is 5.07. The van der Waals surface area contributed by atoms with Gasteiger partial charge in [0.1, 0.15) is 0 Å². The fourth-order valence-corrected chi connectivity index (χ4v) is 3.24. The molecule has 0 aromatic rings. The van der Waals surface area contributed by atoms with Gasteiger partial charge in [-0.25, -0.2) is 4.79 Å². The minimum Gasteiger partial charge on any atom is -0.395 e. The molecule has 0 aromatic carbocycles. The minimum absolute atomic E-state index is 0.00754. The van der Waals surface area contributed by atoms with E-state index in [0.29, 0.717) is 17.8 Å². The molecular formula is C11H22N2O2S.